The summed E-state index contributed by atoms with van der Waals surface area (Å²) in [5, 5.41) is 0. The molecule has 0 N–H and O–H groups in total. The fraction of sp³-hybridized carbons (Fsp3) is 0.556. The highest BCUT2D eigenvalue weighted by molar-refractivity contribution is 5.78. The molecule has 0 bridgehead atoms. The quantitative estimate of drug-likeness (QED) is 0.442. The van der Waals surface area contributed by atoms with Gasteiger partial charge in [-0.2, -0.15) is 0 Å². The van der Waals surface area contributed by atoms with Gasteiger partial charge in [0.25, 0.3) is 0 Å². The van der Waals surface area contributed by atoms with Gasteiger partial charge < -0.3 is 4.74 Å². The highest BCUT2D eigenvalue weighted by Crippen LogP contribution is 2.32. The molecular weight excluding hydrogens is 264 g/mol. The molecule has 1 saturated carbocycles. The smallest absolute Gasteiger partial charge is 0.314 e. The van der Waals surface area contributed by atoms with Gasteiger partial charge in [0.1, 0.15) is 12.0 Å². The molecule has 0 spiro atoms. The summed E-state index contributed by atoms with van der Waals surface area (Å²) in [6.07, 6.45) is 8.71. The average Bonchev–Trinajstić information content (AvgIpc) is 2.53. The molecule has 0 unspecified atom stereocenters. The lowest BCUT2D eigenvalue weighted by Gasteiger charge is -2.27. The Morgan fingerprint density at radius 2 is 2.05 bits per heavy atom. The SMILES string of the molecule is CCCCC1CCC(C(=O)Oc2cccc(C=O)c2)CC1. The Bertz CT molecular complexity index is 473. The first-order valence-electron chi connectivity index (χ1n) is 8.00. The predicted octanol–water partition coefficient (Wildman–Crippen LogP) is 4.40. The van der Waals surface area contributed by atoms with Crippen molar-refractivity contribution in [2.75, 3.05) is 0 Å². The van der Waals surface area contributed by atoms with Crippen molar-refractivity contribution < 1.29 is 14.3 Å². The van der Waals surface area contributed by atoms with Gasteiger partial charge in [-0.3, -0.25) is 9.59 Å². The van der Waals surface area contributed by atoms with Gasteiger partial charge in [0.2, 0.25) is 0 Å². The molecule has 2 rings (SSSR count). The minimum absolute atomic E-state index is 0.0164. The van der Waals surface area contributed by atoms with Crippen molar-refractivity contribution >= 4 is 12.3 Å². The number of rotatable bonds is 6. The number of hydrogen-bond donors (Lipinski definition) is 0. The molecule has 1 aromatic carbocycles. The predicted molar refractivity (Wildman–Crippen MR) is 82.4 cm³/mol. The summed E-state index contributed by atoms with van der Waals surface area (Å²) in [5.74, 6) is 1.12. The zero-order valence-corrected chi connectivity index (χ0v) is 12.7. The van der Waals surface area contributed by atoms with Gasteiger partial charge >= 0.3 is 5.97 Å². The molecule has 1 aliphatic rings. The number of aldehydes is 1. The molecule has 21 heavy (non-hydrogen) atoms. The van der Waals surface area contributed by atoms with E-state index >= 15 is 0 Å². The Morgan fingerprint density at radius 3 is 2.71 bits per heavy atom. The van der Waals surface area contributed by atoms with Crippen LogP contribution in [0.2, 0.25) is 0 Å². The van der Waals surface area contributed by atoms with E-state index in [1.54, 1.807) is 24.3 Å². The molecule has 1 aromatic rings. The van der Waals surface area contributed by atoms with E-state index in [9.17, 15) is 9.59 Å². The molecule has 3 nitrogen and oxygen atoms in total. The van der Waals surface area contributed by atoms with Crippen LogP contribution in [0.25, 0.3) is 0 Å². The van der Waals surface area contributed by atoms with Gasteiger partial charge in [-0.25, -0.2) is 0 Å². The number of unbranched alkanes of at least 4 members (excludes halogenated alkanes) is 1. The topological polar surface area (TPSA) is 43.4 Å². The number of hydrogen-bond acceptors (Lipinski definition) is 3. The molecule has 0 radical (unpaired) electrons. The van der Waals surface area contributed by atoms with Crippen LogP contribution in [0, 0.1) is 11.8 Å². The highest BCUT2D eigenvalue weighted by atomic mass is 16.5. The maximum atomic E-state index is 12.2. The third kappa shape index (κ3) is 4.69. The van der Waals surface area contributed by atoms with Crippen LogP contribution < -0.4 is 4.74 Å². The zero-order valence-electron chi connectivity index (χ0n) is 12.7. The highest BCUT2D eigenvalue weighted by Gasteiger charge is 2.27. The van der Waals surface area contributed by atoms with Crippen LogP contribution in [0.5, 0.6) is 5.75 Å². The third-order valence-electron chi connectivity index (χ3n) is 4.36. The number of carbonyl (C=O) groups excluding carboxylic acids is 2. The van der Waals surface area contributed by atoms with Crippen LogP contribution >= 0.6 is 0 Å². The van der Waals surface area contributed by atoms with E-state index in [-0.39, 0.29) is 11.9 Å². The number of esters is 1. The van der Waals surface area contributed by atoms with Crippen molar-refractivity contribution in [2.45, 2.75) is 51.9 Å². The largest absolute Gasteiger partial charge is 0.426 e. The van der Waals surface area contributed by atoms with Crippen LogP contribution in [-0.2, 0) is 4.79 Å². The fourth-order valence-electron chi connectivity index (χ4n) is 3.03. The maximum Gasteiger partial charge on any atom is 0.314 e. The van der Waals surface area contributed by atoms with Crippen molar-refractivity contribution in [3.63, 3.8) is 0 Å². The van der Waals surface area contributed by atoms with E-state index in [1.807, 2.05) is 0 Å². The second-order valence-corrected chi connectivity index (χ2v) is 5.97. The van der Waals surface area contributed by atoms with Gasteiger partial charge in [0.15, 0.2) is 0 Å². The number of ether oxygens (including phenoxy) is 1. The summed E-state index contributed by atoms with van der Waals surface area (Å²) in [5.41, 5.74) is 0.531. The van der Waals surface area contributed by atoms with Gasteiger partial charge in [-0.05, 0) is 43.7 Å². The first kappa shape index (κ1) is 15.7. The minimum atomic E-state index is -0.146. The summed E-state index contributed by atoms with van der Waals surface area (Å²) < 4.78 is 5.41. The number of benzene rings is 1. The van der Waals surface area contributed by atoms with E-state index in [2.05, 4.69) is 6.92 Å². The second-order valence-electron chi connectivity index (χ2n) is 5.97. The lowest BCUT2D eigenvalue weighted by Crippen LogP contribution is -2.25. The summed E-state index contributed by atoms with van der Waals surface area (Å²) >= 11 is 0. The fourth-order valence-corrected chi connectivity index (χ4v) is 3.03. The minimum Gasteiger partial charge on any atom is -0.426 e. The Labute approximate surface area is 126 Å². The van der Waals surface area contributed by atoms with E-state index in [0.29, 0.717) is 11.3 Å². The molecule has 114 valence electrons. The number of carbonyl (C=O) groups is 2. The van der Waals surface area contributed by atoms with Gasteiger partial charge in [0.05, 0.1) is 5.92 Å². The average molecular weight is 288 g/mol. The Morgan fingerprint density at radius 1 is 1.29 bits per heavy atom. The molecular formula is C18H24O3. The Kier molecular flexibility index (Phi) is 5.97. The standard InChI is InChI=1S/C18H24O3/c1-2-3-5-14-8-10-16(11-9-14)18(20)21-17-7-4-6-15(12-17)13-19/h4,6-7,12-14,16H,2-3,5,8-11H2,1H3. The molecule has 0 aliphatic heterocycles. The maximum absolute atomic E-state index is 12.2. The van der Waals surface area contributed by atoms with Crippen LogP contribution in [0.3, 0.4) is 0 Å². The van der Waals surface area contributed by atoms with E-state index in [1.165, 1.54) is 19.3 Å². The van der Waals surface area contributed by atoms with Crippen molar-refractivity contribution in [1.29, 1.82) is 0 Å². The van der Waals surface area contributed by atoms with E-state index in [4.69, 9.17) is 4.74 Å². The van der Waals surface area contributed by atoms with Crippen LogP contribution in [0.4, 0.5) is 0 Å². The summed E-state index contributed by atoms with van der Waals surface area (Å²) in [7, 11) is 0. The lowest BCUT2D eigenvalue weighted by molar-refractivity contribution is -0.140. The molecule has 1 aliphatic carbocycles. The lowest BCUT2D eigenvalue weighted by atomic mass is 9.80. The van der Waals surface area contributed by atoms with E-state index < -0.39 is 0 Å². The molecule has 0 amide bonds. The third-order valence-corrected chi connectivity index (χ3v) is 4.36. The van der Waals surface area contributed by atoms with Crippen molar-refractivity contribution in [3.8, 4) is 5.75 Å². The van der Waals surface area contributed by atoms with Gasteiger partial charge in [0, 0.05) is 5.56 Å². The molecule has 0 saturated heterocycles. The summed E-state index contributed by atoms with van der Waals surface area (Å²) in [6.45, 7) is 2.22. The van der Waals surface area contributed by atoms with Crippen molar-refractivity contribution in [1.82, 2.24) is 0 Å². The van der Waals surface area contributed by atoms with Crippen molar-refractivity contribution in [3.05, 3.63) is 29.8 Å². The van der Waals surface area contributed by atoms with Crippen LogP contribution in [0.15, 0.2) is 24.3 Å². The first-order valence-corrected chi connectivity index (χ1v) is 8.00. The zero-order chi connectivity index (χ0) is 15.1. The Hall–Kier alpha value is -1.64. The molecule has 1 fully saturated rings. The Balaban J connectivity index is 1.83. The van der Waals surface area contributed by atoms with Crippen molar-refractivity contribution in [2.24, 2.45) is 11.8 Å². The van der Waals surface area contributed by atoms with Crippen LogP contribution in [0.1, 0.15) is 62.2 Å². The first-order chi connectivity index (χ1) is 10.2. The molecule has 3 heteroatoms. The molecule has 0 heterocycles. The van der Waals surface area contributed by atoms with Gasteiger partial charge in [-0.15, -0.1) is 0 Å². The summed E-state index contributed by atoms with van der Waals surface area (Å²) in [4.78, 5) is 22.9. The molecule has 0 atom stereocenters. The monoisotopic (exact) mass is 288 g/mol. The second kappa shape index (κ2) is 7.96. The van der Waals surface area contributed by atoms with E-state index in [0.717, 1.165) is 37.9 Å². The summed E-state index contributed by atoms with van der Waals surface area (Å²) in [6, 6.07) is 6.76. The van der Waals surface area contributed by atoms with Crippen LogP contribution in [-0.4, -0.2) is 12.3 Å². The van der Waals surface area contributed by atoms with Gasteiger partial charge in [-0.1, -0.05) is 38.3 Å². The normalized spacial score (nSPS) is 21.8. The molecule has 0 aromatic heterocycles.